The molecule has 21 heavy (non-hydrogen) atoms. The molecule has 2 fully saturated rings. The van der Waals surface area contributed by atoms with Crippen molar-refractivity contribution in [3.05, 3.63) is 41.0 Å². The number of benzene rings is 1. The number of ketones is 1. The highest BCUT2D eigenvalue weighted by molar-refractivity contribution is 6.07. The Labute approximate surface area is 128 Å². The number of hydrogen-bond acceptors (Lipinski definition) is 1. The molecule has 1 aromatic carbocycles. The highest BCUT2D eigenvalue weighted by Gasteiger charge is 2.63. The second kappa shape index (κ2) is 4.56. The van der Waals surface area contributed by atoms with Gasteiger partial charge in [-0.05, 0) is 52.9 Å². The molecule has 0 aromatic heterocycles. The Bertz CT molecular complexity index is 603. The van der Waals surface area contributed by atoms with Gasteiger partial charge >= 0.3 is 0 Å². The van der Waals surface area contributed by atoms with E-state index in [1.165, 1.54) is 5.56 Å². The van der Waals surface area contributed by atoms with Crippen molar-refractivity contribution < 1.29 is 4.79 Å². The maximum absolute atomic E-state index is 12.8. The maximum atomic E-state index is 12.8. The molecule has 0 heterocycles. The third-order valence-electron chi connectivity index (χ3n) is 6.29. The van der Waals surface area contributed by atoms with Crippen LogP contribution in [0.2, 0.25) is 0 Å². The minimum absolute atomic E-state index is 0.105. The summed E-state index contributed by atoms with van der Waals surface area (Å²) >= 11 is 0. The smallest absolute Gasteiger partial charge is 0.165 e. The van der Waals surface area contributed by atoms with E-state index in [2.05, 4.69) is 65.0 Å². The monoisotopic (exact) mass is 282 g/mol. The number of fused-ring (bicyclic) bond motifs is 2. The SMILES string of the molecule is CC(C)c1ccc(/C=C2\C(=O)C3(C)CCC2C3(C)C)cc1. The van der Waals surface area contributed by atoms with Crippen LogP contribution in [-0.2, 0) is 4.79 Å². The molecule has 0 saturated heterocycles. The Hall–Kier alpha value is -1.37. The topological polar surface area (TPSA) is 17.1 Å². The summed E-state index contributed by atoms with van der Waals surface area (Å²) in [6, 6.07) is 8.66. The van der Waals surface area contributed by atoms with Crippen molar-refractivity contribution in [1.29, 1.82) is 0 Å². The van der Waals surface area contributed by atoms with Crippen molar-refractivity contribution in [2.24, 2.45) is 16.7 Å². The summed E-state index contributed by atoms with van der Waals surface area (Å²) in [5.74, 6) is 1.37. The molecule has 1 heteroatoms. The average Bonchev–Trinajstić information content (AvgIpc) is 2.74. The minimum atomic E-state index is -0.151. The van der Waals surface area contributed by atoms with Gasteiger partial charge in [-0.15, -0.1) is 0 Å². The van der Waals surface area contributed by atoms with Crippen LogP contribution >= 0.6 is 0 Å². The first-order chi connectivity index (χ1) is 9.77. The molecule has 2 atom stereocenters. The Balaban J connectivity index is 1.96. The second-order valence-electron chi connectivity index (χ2n) is 7.90. The summed E-state index contributed by atoms with van der Waals surface area (Å²) in [5, 5.41) is 0. The first-order valence-corrected chi connectivity index (χ1v) is 8.14. The fourth-order valence-corrected chi connectivity index (χ4v) is 4.25. The van der Waals surface area contributed by atoms with Crippen LogP contribution in [0.1, 0.15) is 64.5 Å². The molecule has 2 saturated carbocycles. The van der Waals surface area contributed by atoms with Crippen LogP contribution in [0.4, 0.5) is 0 Å². The summed E-state index contributed by atoms with van der Waals surface area (Å²) in [6.45, 7) is 11.1. The van der Waals surface area contributed by atoms with Crippen LogP contribution in [0.3, 0.4) is 0 Å². The standard InChI is InChI=1S/C20H26O/c1-13(2)15-8-6-14(7-9-15)12-16-17-10-11-20(5,18(16)21)19(17,3)4/h6-9,12-13,17H,10-11H2,1-5H3/b16-12-. The van der Waals surface area contributed by atoms with Crippen LogP contribution in [0.5, 0.6) is 0 Å². The Morgan fingerprint density at radius 2 is 1.76 bits per heavy atom. The van der Waals surface area contributed by atoms with Gasteiger partial charge < -0.3 is 0 Å². The van der Waals surface area contributed by atoms with Gasteiger partial charge in [0.1, 0.15) is 0 Å². The quantitative estimate of drug-likeness (QED) is 0.680. The molecule has 3 rings (SSSR count). The van der Waals surface area contributed by atoms with Crippen molar-refractivity contribution in [3.63, 3.8) is 0 Å². The zero-order valence-electron chi connectivity index (χ0n) is 13.9. The lowest BCUT2D eigenvalue weighted by Crippen LogP contribution is -2.32. The van der Waals surface area contributed by atoms with Gasteiger partial charge in [-0.2, -0.15) is 0 Å². The number of rotatable bonds is 2. The third-order valence-corrected chi connectivity index (χ3v) is 6.29. The molecule has 0 aliphatic heterocycles. The first-order valence-electron chi connectivity index (χ1n) is 8.14. The van der Waals surface area contributed by atoms with Gasteiger partial charge in [0, 0.05) is 5.41 Å². The zero-order valence-corrected chi connectivity index (χ0v) is 13.9. The number of carbonyl (C=O) groups is 1. The molecule has 2 aliphatic rings. The van der Waals surface area contributed by atoms with Gasteiger partial charge in [0.05, 0.1) is 0 Å². The highest BCUT2D eigenvalue weighted by Crippen LogP contribution is 2.65. The van der Waals surface area contributed by atoms with Gasteiger partial charge in [0.2, 0.25) is 0 Å². The number of allylic oxidation sites excluding steroid dienone is 1. The van der Waals surface area contributed by atoms with Crippen LogP contribution in [0.25, 0.3) is 6.08 Å². The summed E-state index contributed by atoms with van der Waals surface area (Å²) in [6.07, 6.45) is 4.35. The lowest BCUT2D eigenvalue weighted by Gasteiger charge is -2.31. The van der Waals surface area contributed by atoms with E-state index >= 15 is 0 Å². The van der Waals surface area contributed by atoms with Crippen molar-refractivity contribution in [1.82, 2.24) is 0 Å². The summed E-state index contributed by atoms with van der Waals surface area (Å²) in [4.78, 5) is 12.8. The summed E-state index contributed by atoms with van der Waals surface area (Å²) in [7, 11) is 0. The fourth-order valence-electron chi connectivity index (χ4n) is 4.25. The summed E-state index contributed by atoms with van der Waals surface area (Å²) in [5.41, 5.74) is 3.53. The van der Waals surface area contributed by atoms with Crippen molar-refractivity contribution in [2.45, 2.75) is 53.4 Å². The highest BCUT2D eigenvalue weighted by atomic mass is 16.1. The van der Waals surface area contributed by atoms with E-state index < -0.39 is 0 Å². The molecule has 112 valence electrons. The van der Waals surface area contributed by atoms with Crippen molar-refractivity contribution >= 4 is 11.9 Å². The fraction of sp³-hybridized carbons (Fsp3) is 0.550. The predicted molar refractivity (Wildman–Crippen MR) is 88.1 cm³/mol. The maximum Gasteiger partial charge on any atom is 0.165 e. The van der Waals surface area contributed by atoms with Crippen LogP contribution < -0.4 is 0 Å². The largest absolute Gasteiger partial charge is 0.294 e. The molecular weight excluding hydrogens is 256 g/mol. The van der Waals surface area contributed by atoms with E-state index in [9.17, 15) is 4.79 Å². The third kappa shape index (κ3) is 1.93. The molecule has 0 spiro atoms. The average molecular weight is 282 g/mol. The number of Topliss-reactive ketones (excluding diaryl/α,β-unsaturated/α-hetero) is 1. The summed E-state index contributed by atoms with van der Waals surface area (Å²) < 4.78 is 0. The lowest BCUT2D eigenvalue weighted by atomic mass is 9.70. The van der Waals surface area contributed by atoms with Crippen LogP contribution in [-0.4, -0.2) is 5.78 Å². The lowest BCUT2D eigenvalue weighted by molar-refractivity contribution is -0.125. The molecule has 2 unspecified atom stereocenters. The molecule has 0 radical (unpaired) electrons. The van der Waals surface area contributed by atoms with Gasteiger partial charge in [-0.1, -0.05) is 58.9 Å². The van der Waals surface area contributed by atoms with E-state index in [-0.39, 0.29) is 10.8 Å². The molecule has 2 aliphatic carbocycles. The molecule has 1 nitrogen and oxygen atoms in total. The molecule has 0 amide bonds. The van der Waals surface area contributed by atoms with E-state index in [4.69, 9.17) is 0 Å². The second-order valence-corrected chi connectivity index (χ2v) is 7.90. The van der Waals surface area contributed by atoms with E-state index in [1.807, 2.05) is 0 Å². The van der Waals surface area contributed by atoms with Crippen molar-refractivity contribution in [2.75, 3.05) is 0 Å². The van der Waals surface area contributed by atoms with Crippen molar-refractivity contribution in [3.8, 4) is 0 Å². The normalized spacial score (nSPS) is 32.4. The minimum Gasteiger partial charge on any atom is -0.294 e. The molecular formula is C20H26O. The van der Waals surface area contributed by atoms with E-state index in [0.29, 0.717) is 17.6 Å². The van der Waals surface area contributed by atoms with Crippen LogP contribution in [0.15, 0.2) is 29.8 Å². The first kappa shape index (κ1) is 14.6. The molecule has 1 aromatic rings. The van der Waals surface area contributed by atoms with Gasteiger partial charge in [-0.25, -0.2) is 0 Å². The Morgan fingerprint density at radius 3 is 2.24 bits per heavy atom. The van der Waals surface area contributed by atoms with Gasteiger partial charge in [0.15, 0.2) is 5.78 Å². The number of carbonyl (C=O) groups excluding carboxylic acids is 1. The van der Waals surface area contributed by atoms with Gasteiger partial charge in [0.25, 0.3) is 0 Å². The van der Waals surface area contributed by atoms with Gasteiger partial charge in [-0.3, -0.25) is 4.79 Å². The Morgan fingerprint density at radius 1 is 1.14 bits per heavy atom. The van der Waals surface area contributed by atoms with Crippen LogP contribution in [0, 0.1) is 16.7 Å². The zero-order chi connectivity index (χ0) is 15.4. The predicted octanol–water partition coefficient (Wildman–Crippen LogP) is 5.22. The number of hydrogen-bond donors (Lipinski definition) is 0. The molecule has 2 bridgehead atoms. The molecule has 0 N–H and O–H groups in total. The Kier molecular flexibility index (Phi) is 3.16. The van der Waals surface area contributed by atoms with E-state index in [0.717, 1.165) is 24.0 Å². The van der Waals surface area contributed by atoms with E-state index in [1.54, 1.807) is 0 Å².